The van der Waals surface area contributed by atoms with E-state index in [1.54, 1.807) is 13.0 Å². The Morgan fingerprint density at radius 1 is 1.21 bits per heavy atom. The van der Waals surface area contributed by atoms with Gasteiger partial charge in [0.2, 0.25) is 17.7 Å². The van der Waals surface area contributed by atoms with Gasteiger partial charge in [-0.15, -0.1) is 0 Å². The Balaban J connectivity index is 1.48. The summed E-state index contributed by atoms with van der Waals surface area (Å²) in [6.45, 7) is 1.43. The SMILES string of the molecule is Cc1ccc(F)cc1NC(=O)CN1C(=O)[C@H]2[C@H](C1=O)[C@H]1C=C[C@H]2C1. The van der Waals surface area contributed by atoms with Gasteiger partial charge in [0.25, 0.3) is 0 Å². The number of carbonyl (C=O) groups is 3. The van der Waals surface area contributed by atoms with Crippen LogP contribution in [0, 0.1) is 36.4 Å². The van der Waals surface area contributed by atoms with Crippen molar-refractivity contribution in [2.75, 3.05) is 11.9 Å². The third-order valence-corrected chi connectivity index (χ3v) is 5.34. The second-order valence-corrected chi connectivity index (χ2v) is 6.77. The van der Waals surface area contributed by atoms with Gasteiger partial charge in [-0.05, 0) is 42.9 Å². The summed E-state index contributed by atoms with van der Waals surface area (Å²) in [6.07, 6.45) is 4.88. The first-order valence-electron chi connectivity index (χ1n) is 8.05. The van der Waals surface area contributed by atoms with Crippen molar-refractivity contribution in [3.63, 3.8) is 0 Å². The van der Waals surface area contributed by atoms with Crippen LogP contribution in [0.15, 0.2) is 30.4 Å². The predicted octanol–water partition coefficient (Wildman–Crippen LogP) is 1.88. The number of allylic oxidation sites excluding steroid dienone is 2. The van der Waals surface area contributed by atoms with Crippen LogP contribution in [0.5, 0.6) is 0 Å². The number of nitrogens with one attached hydrogen (secondary N) is 1. The highest BCUT2D eigenvalue weighted by Gasteiger charge is 2.59. The minimum absolute atomic E-state index is 0.120. The Labute approximate surface area is 138 Å². The third kappa shape index (κ3) is 2.17. The number of amides is 3. The zero-order valence-corrected chi connectivity index (χ0v) is 13.2. The smallest absolute Gasteiger partial charge is 0.244 e. The molecule has 3 aliphatic rings. The van der Waals surface area contributed by atoms with E-state index in [-0.39, 0.29) is 42.0 Å². The van der Waals surface area contributed by atoms with E-state index in [0.717, 1.165) is 11.3 Å². The van der Waals surface area contributed by atoms with E-state index in [4.69, 9.17) is 0 Å². The Bertz CT molecular complexity index is 758. The molecule has 2 aliphatic carbocycles. The lowest BCUT2D eigenvalue weighted by atomic mass is 9.85. The fourth-order valence-corrected chi connectivity index (χ4v) is 4.18. The molecule has 3 amide bonds. The summed E-state index contributed by atoms with van der Waals surface area (Å²) >= 11 is 0. The number of nitrogens with zero attached hydrogens (tertiary/aromatic N) is 1. The van der Waals surface area contributed by atoms with Crippen LogP contribution in [-0.4, -0.2) is 29.2 Å². The molecule has 4 rings (SSSR count). The zero-order chi connectivity index (χ0) is 17.0. The van der Waals surface area contributed by atoms with Gasteiger partial charge >= 0.3 is 0 Å². The normalized spacial score (nSPS) is 30.2. The van der Waals surface area contributed by atoms with Crippen molar-refractivity contribution >= 4 is 23.4 Å². The second-order valence-electron chi connectivity index (χ2n) is 6.77. The first-order valence-corrected chi connectivity index (χ1v) is 8.05. The fraction of sp³-hybridized carbons (Fsp3) is 0.389. The summed E-state index contributed by atoms with van der Waals surface area (Å²) in [7, 11) is 0. The van der Waals surface area contributed by atoms with E-state index < -0.39 is 11.7 Å². The maximum atomic E-state index is 13.3. The monoisotopic (exact) mass is 328 g/mol. The third-order valence-electron chi connectivity index (χ3n) is 5.34. The van der Waals surface area contributed by atoms with Crippen molar-refractivity contribution in [2.24, 2.45) is 23.7 Å². The van der Waals surface area contributed by atoms with E-state index in [2.05, 4.69) is 5.32 Å². The number of fused-ring (bicyclic) bond motifs is 5. The first-order chi connectivity index (χ1) is 11.5. The van der Waals surface area contributed by atoms with E-state index in [1.165, 1.54) is 12.1 Å². The molecule has 4 atom stereocenters. The predicted molar refractivity (Wildman–Crippen MR) is 84.2 cm³/mol. The van der Waals surface area contributed by atoms with Crippen LogP contribution >= 0.6 is 0 Å². The van der Waals surface area contributed by atoms with Crippen LogP contribution < -0.4 is 5.32 Å². The van der Waals surface area contributed by atoms with Gasteiger partial charge in [0.05, 0.1) is 11.8 Å². The van der Waals surface area contributed by atoms with Crippen LogP contribution in [0.3, 0.4) is 0 Å². The summed E-state index contributed by atoms with van der Waals surface area (Å²) in [4.78, 5) is 38.3. The molecule has 1 saturated carbocycles. The first kappa shape index (κ1) is 15.1. The number of hydrogen-bond acceptors (Lipinski definition) is 3. The summed E-state index contributed by atoms with van der Waals surface area (Å²) in [5, 5.41) is 2.58. The van der Waals surface area contributed by atoms with Crippen molar-refractivity contribution in [3.8, 4) is 0 Å². The van der Waals surface area contributed by atoms with E-state index in [0.29, 0.717) is 11.3 Å². The number of hydrogen-bond donors (Lipinski definition) is 1. The Hall–Kier alpha value is -2.50. The highest BCUT2D eigenvalue weighted by atomic mass is 19.1. The molecular formula is C18H17FN2O3. The second kappa shape index (κ2) is 5.26. The maximum Gasteiger partial charge on any atom is 0.244 e. The highest BCUT2D eigenvalue weighted by molar-refractivity contribution is 6.09. The van der Waals surface area contributed by atoms with Gasteiger partial charge < -0.3 is 5.32 Å². The minimum Gasteiger partial charge on any atom is -0.324 e. The Kier molecular flexibility index (Phi) is 3.30. The molecule has 124 valence electrons. The number of likely N-dealkylation sites (tertiary alicyclic amines) is 1. The standard InChI is InChI=1S/C18H17FN2O3/c1-9-2-5-12(19)7-13(9)20-14(22)8-21-17(23)15-10-3-4-11(6-10)16(15)18(21)24/h2-5,7,10-11,15-16H,6,8H2,1H3,(H,20,22)/t10-,11-,15+,16+/m0/s1. The number of carbonyl (C=O) groups excluding carboxylic acids is 3. The molecule has 1 heterocycles. The van der Waals surface area contributed by atoms with Crippen LogP contribution in [0.2, 0.25) is 0 Å². The molecule has 2 bridgehead atoms. The summed E-state index contributed by atoms with van der Waals surface area (Å²) in [5.41, 5.74) is 1.06. The molecule has 1 aromatic rings. The van der Waals surface area contributed by atoms with Crippen molar-refractivity contribution < 1.29 is 18.8 Å². The molecule has 5 nitrogen and oxygen atoms in total. The molecule has 1 saturated heterocycles. The largest absolute Gasteiger partial charge is 0.324 e. The number of benzene rings is 1. The molecule has 0 spiro atoms. The summed E-state index contributed by atoms with van der Waals surface area (Å²) in [5.74, 6) is -1.84. The van der Waals surface area contributed by atoms with E-state index >= 15 is 0 Å². The van der Waals surface area contributed by atoms with Gasteiger partial charge in [-0.25, -0.2) is 4.39 Å². The van der Waals surface area contributed by atoms with Gasteiger partial charge in [-0.1, -0.05) is 18.2 Å². The fourth-order valence-electron chi connectivity index (χ4n) is 4.18. The molecule has 1 aromatic carbocycles. The van der Waals surface area contributed by atoms with Crippen LogP contribution in [0.4, 0.5) is 10.1 Å². The van der Waals surface area contributed by atoms with Gasteiger partial charge in [0, 0.05) is 5.69 Å². The summed E-state index contributed by atoms with van der Waals surface area (Å²) < 4.78 is 13.3. The van der Waals surface area contributed by atoms with E-state index in [9.17, 15) is 18.8 Å². The van der Waals surface area contributed by atoms with Gasteiger partial charge in [-0.2, -0.15) is 0 Å². The lowest BCUT2D eigenvalue weighted by molar-refractivity contribution is -0.143. The number of anilines is 1. The Morgan fingerprint density at radius 3 is 2.46 bits per heavy atom. The minimum atomic E-state index is -0.495. The van der Waals surface area contributed by atoms with Gasteiger partial charge in [0.1, 0.15) is 12.4 Å². The number of imide groups is 1. The molecule has 0 unspecified atom stereocenters. The lowest BCUT2D eigenvalue weighted by Gasteiger charge is -2.17. The quantitative estimate of drug-likeness (QED) is 0.680. The zero-order valence-electron chi connectivity index (χ0n) is 13.2. The highest BCUT2D eigenvalue weighted by Crippen LogP contribution is 2.52. The average Bonchev–Trinajstić information content (AvgIpc) is 3.21. The molecule has 1 N–H and O–H groups in total. The number of aryl methyl sites for hydroxylation is 1. The molecule has 6 heteroatoms. The van der Waals surface area contributed by atoms with Crippen LogP contribution in [-0.2, 0) is 14.4 Å². The molecule has 24 heavy (non-hydrogen) atoms. The lowest BCUT2D eigenvalue weighted by Crippen LogP contribution is -2.39. The summed E-state index contributed by atoms with van der Waals surface area (Å²) in [6, 6.07) is 4.09. The number of rotatable bonds is 3. The van der Waals surface area contributed by atoms with Crippen molar-refractivity contribution in [2.45, 2.75) is 13.3 Å². The molecule has 2 fully saturated rings. The van der Waals surface area contributed by atoms with Crippen molar-refractivity contribution in [1.29, 1.82) is 0 Å². The average molecular weight is 328 g/mol. The van der Waals surface area contributed by atoms with Gasteiger partial charge in [-0.3, -0.25) is 19.3 Å². The van der Waals surface area contributed by atoms with Crippen molar-refractivity contribution in [1.82, 2.24) is 4.90 Å². The van der Waals surface area contributed by atoms with Crippen LogP contribution in [0.25, 0.3) is 0 Å². The molecule has 1 aliphatic heterocycles. The topological polar surface area (TPSA) is 66.5 Å². The molecule has 0 aromatic heterocycles. The Morgan fingerprint density at radius 2 is 1.83 bits per heavy atom. The number of halogens is 1. The molecule has 0 radical (unpaired) electrons. The van der Waals surface area contributed by atoms with E-state index in [1.807, 2.05) is 12.2 Å². The molecular weight excluding hydrogens is 311 g/mol. The van der Waals surface area contributed by atoms with Crippen LogP contribution in [0.1, 0.15) is 12.0 Å². The van der Waals surface area contributed by atoms with Gasteiger partial charge in [0.15, 0.2) is 0 Å². The maximum absolute atomic E-state index is 13.3. The van der Waals surface area contributed by atoms with Crippen molar-refractivity contribution in [3.05, 3.63) is 41.7 Å².